The van der Waals surface area contributed by atoms with E-state index in [0.717, 1.165) is 48.2 Å². The first kappa shape index (κ1) is 22.3. The van der Waals surface area contributed by atoms with E-state index in [1.807, 2.05) is 59.5 Å². The van der Waals surface area contributed by atoms with E-state index < -0.39 is 0 Å². The van der Waals surface area contributed by atoms with Gasteiger partial charge in [-0.1, -0.05) is 54.1 Å². The van der Waals surface area contributed by atoms with Crippen molar-refractivity contribution in [3.63, 3.8) is 0 Å². The smallest absolute Gasteiger partial charge is 0.259 e. The molecule has 34 heavy (non-hydrogen) atoms. The Morgan fingerprint density at radius 2 is 1.59 bits per heavy atom. The van der Waals surface area contributed by atoms with Crippen molar-refractivity contribution < 1.29 is 9.53 Å². The van der Waals surface area contributed by atoms with Crippen LogP contribution >= 0.6 is 0 Å². The molecule has 2 aliphatic carbocycles. The fourth-order valence-electron chi connectivity index (χ4n) is 4.65. The maximum atomic E-state index is 14.1. The quantitative estimate of drug-likeness (QED) is 0.248. The zero-order valence-electron chi connectivity index (χ0n) is 19.7. The van der Waals surface area contributed by atoms with Crippen LogP contribution in [0.15, 0.2) is 72.8 Å². The summed E-state index contributed by atoms with van der Waals surface area (Å²) in [5, 5.41) is 0. The topological polar surface area (TPSA) is 55.6 Å². The molecule has 0 aromatic heterocycles. The molecule has 0 heterocycles. The van der Waals surface area contributed by atoms with Crippen LogP contribution in [0.5, 0.6) is 5.75 Å². The third kappa shape index (κ3) is 5.01. The highest BCUT2D eigenvalue weighted by atomic mass is 16.5. The van der Waals surface area contributed by atoms with Crippen LogP contribution in [0.1, 0.15) is 55.2 Å². The van der Waals surface area contributed by atoms with Gasteiger partial charge < -0.3 is 15.4 Å². The Labute approximate surface area is 202 Å². The maximum absolute atomic E-state index is 14.1. The number of aryl methyl sites for hydroxylation is 1. The highest BCUT2D eigenvalue weighted by molar-refractivity contribution is 6.30. The molecule has 0 bridgehead atoms. The number of hydrogen-bond acceptors (Lipinski definition) is 3. The molecule has 0 spiro atoms. The summed E-state index contributed by atoms with van der Waals surface area (Å²) in [5.41, 5.74) is 11.4. The van der Waals surface area contributed by atoms with Gasteiger partial charge in [-0.2, -0.15) is 0 Å². The number of amides is 1. The van der Waals surface area contributed by atoms with Gasteiger partial charge in [0.2, 0.25) is 0 Å². The van der Waals surface area contributed by atoms with Crippen molar-refractivity contribution in [3.05, 3.63) is 89.5 Å². The molecule has 0 unspecified atom stereocenters. The van der Waals surface area contributed by atoms with Gasteiger partial charge in [-0.3, -0.25) is 4.79 Å². The standard InChI is InChI=1S/C30H32N2O2/c1-21-10-12-22(13-11-21)20-27(23-14-18-26(19-15-23)34-25-6-2-3-7-25)30(33)32(24-16-17-24)29-9-5-4-8-28(29)31/h4-5,8-15,18-20,24-25H,2-3,6-7,16-17,31H2,1H3. The van der Waals surface area contributed by atoms with Crippen molar-refractivity contribution in [2.45, 2.75) is 57.6 Å². The second kappa shape index (κ2) is 9.76. The fourth-order valence-corrected chi connectivity index (χ4v) is 4.65. The molecule has 3 aromatic rings. The van der Waals surface area contributed by atoms with E-state index >= 15 is 0 Å². The number of para-hydroxylation sites is 2. The SMILES string of the molecule is Cc1ccc(C=C(C(=O)N(c2ccccc2N)C2CC2)c2ccc(OC3CCCC3)cc2)cc1. The molecule has 0 saturated heterocycles. The number of nitrogen functional groups attached to an aromatic ring is 1. The molecule has 2 saturated carbocycles. The second-order valence-corrected chi connectivity index (χ2v) is 9.48. The van der Waals surface area contributed by atoms with Crippen LogP contribution in [0, 0.1) is 6.92 Å². The number of carbonyl (C=O) groups is 1. The van der Waals surface area contributed by atoms with Crippen LogP contribution in [0.4, 0.5) is 11.4 Å². The molecule has 2 N–H and O–H groups in total. The van der Waals surface area contributed by atoms with Crippen molar-refractivity contribution in [1.82, 2.24) is 0 Å². The monoisotopic (exact) mass is 452 g/mol. The van der Waals surface area contributed by atoms with Gasteiger partial charge in [0.15, 0.2) is 0 Å². The van der Waals surface area contributed by atoms with Gasteiger partial charge in [-0.25, -0.2) is 0 Å². The van der Waals surface area contributed by atoms with Gasteiger partial charge in [-0.05, 0) is 86.9 Å². The predicted octanol–water partition coefficient (Wildman–Crippen LogP) is 6.63. The average Bonchev–Trinajstić information content (AvgIpc) is 3.55. The average molecular weight is 453 g/mol. The molecule has 4 heteroatoms. The van der Waals surface area contributed by atoms with Crippen molar-refractivity contribution in [2.24, 2.45) is 0 Å². The minimum absolute atomic E-state index is 0.0227. The summed E-state index contributed by atoms with van der Waals surface area (Å²) in [6, 6.07) is 24.0. The summed E-state index contributed by atoms with van der Waals surface area (Å²) in [7, 11) is 0. The summed E-state index contributed by atoms with van der Waals surface area (Å²) in [5.74, 6) is 0.842. The van der Waals surface area contributed by atoms with Crippen LogP contribution in [-0.4, -0.2) is 18.1 Å². The highest BCUT2D eigenvalue weighted by Crippen LogP contribution is 2.38. The first-order valence-electron chi connectivity index (χ1n) is 12.3. The van der Waals surface area contributed by atoms with Gasteiger partial charge in [0.25, 0.3) is 5.91 Å². The Morgan fingerprint density at radius 3 is 2.24 bits per heavy atom. The Hall–Kier alpha value is -3.53. The number of rotatable bonds is 7. The van der Waals surface area contributed by atoms with Crippen LogP contribution in [-0.2, 0) is 4.79 Å². The summed E-state index contributed by atoms with van der Waals surface area (Å²) in [6.45, 7) is 2.07. The summed E-state index contributed by atoms with van der Waals surface area (Å²) < 4.78 is 6.15. The zero-order valence-corrected chi connectivity index (χ0v) is 19.7. The molecular formula is C30H32N2O2. The lowest BCUT2D eigenvalue weighted by molar-refractivity contribution is -0.113. The molecule has 5 rings (SSSR count). The summed E-state index contributed by atoms with van der Waals surface area (Å²) >= 11 is 0. The van der Waals surface area contributed by atoms with Crippen molar-refractivity contribution in [1.29, 1.82) is 0 Å². The predicted molar refractivity (Wildman–Crippen MR) is 140 cm³/mol. The number of hydrogen-bond donors (Lipinski definition) is 1. The number of ether oxygens (including phenoxy) is 1. The van der Waals surface area contributed by atoms with Gasteiger partial charge in [0.1, 0.15) is 5.75 Å². The van der Waals surface area contributed by atoms with E-state index in [0.29, 0.717) is 17.4 Å². The number of benzene rings is 3. The Morgan fingerprint density at radius 1 is 0.912 bits per heavy atom. The summed E-state index contributed by atoms with van der Waals surface area (Å²) in [6.07, 6.45) is 8.99. The zero-order chi connectivity index (χ0) is 23.5. The van der Waals surface area contributed by atoms with Gasteiger partial charge in [-0.15, -0.1) is 0 Å². The lowest BCUT2D eigenvalue weighted by Crippen LogP contribution is -2.34. The molecular weight excluding hydrogens is 420 g/mol. The van der Waals surface area contributed by atoms with Gasteiger partial charge >= 0.3 is 0 Å². The Bertz CT molecular complexity index is 1170. The third-order valence-electron chi connectivity index (χ3n) is 6.72. The number of anilines is 2. The normalized spacial score (nSPS) is 16.4. The largest absolute Gasteiger partial charge is 0.490 e. The molecule has 0 radical (unpaired) electrons. The minimum atomic E-state index is -0.0227. The maximum Gasteiger partial charge on any atom is 0.259 e. The van der Waals surface area contributed by atoms with Crippen molar-refractivity contribution in [2.75, 3.05) is 10.6 Å². The van der Waals surface area contributed by atoms with E-state index in [-0.39, 0.29) is 11.9 Å². The van der Waals surface area contributed by atoms with E-state index in [4.69, 9.17) is 10.5 Å². The van der Waals surface area contributed by atoms with E-state index in [2.05, 4.69) is 31.2 Å². The fraction of sp³-hybridized carbons (Fsp3) is 0.300. The van der Waals surface area contributed by atoms with Crippen molar-refractivity contribution in [3.8, 4) is 5.75 Å². The molecule has 3 aromatic carbocycles. The first-order chi connectivity index (χ1) is 16.6. The van der Waals surface area contributed by atoms with Gasteiger partial charge in [0.05, 0.1) is 17.5 Å². The third-order valence-corrected chi connectivity index (χ3v) is 6.72. The number of nitrogens with zero attached hydrogens (tertiary/aromatic N) is 1. The van der Waals surface area contributed by atoms with Gasteiger partial charge in [0, 0.05) is 11.6 Å². The van der Waals surface area contributed by atoms with Crippen LogP contribution in [0.3, 0.4) is 0 Å². The number of carbonyl (C=O) groups excluding carboxylic acids is 1. The lowest BCUT2D eigenvalue weighted by atomic mass is 10.00. The highest BCUT2D eigenvalue weighted by Gasteiger charge is 2.36. The van der Waals surface area contributed by atoms with Crippen LogP contribution in [0.2, 0.25) is 0 Å². The number of nitrogens with two attached hydrogens (primary N) is 1. The molecule has 4 nitrogen and oxygen atoms in total. The molecule has 1 amide bonds. The molecule has 0 aliphatic heterocycles. The molecule has 174 valence electrons. The Kier molecular flexibility index (Phi) is 6.39. The molecule has 2 fully saturated rings. The summed E-state index contributed by atoms with van der Waals surface area (Å²) in [4.78, 5) is 16.0. The molecule has 2 aliphatic rings. The van der Waals surface area contributed by atoms with E-state index in [1.54, 1.807) is 0 Å². The van der Waals surface area contributed by atoms with Crippen LogP contribution < -0.4 is 15.4 Å². The minimum Gasteiger partial charge on any atom is -0.490 e. The van der Waals surface area contributed by atoms with E-state index in [9.17, 15) is 4.79 Å². The lowest BCUT2D eigenvalue weighted by Gasteiger charge is -2.25. The van der Waals surface area contributed by atoms with E-state index in [1.165, 1.54) is 18.4 Å². The van der Waals surface area contributed by atoms with Crippen LogP contribution in [0.25, 0.3) is 11.6 Å². The van der Waals surface area contributed by atoms with Crippen molar-refractivity contribution >= 4 is 28.9 Å². The Balaban J connectivity index is 1.51. The second-order valence-electron chi connectivity index (χ2n) is 9.48. The molecule has 0 atom stereocenters. The first-order valence-corrected chi connectivity index (χ1v) is 12.3.